The first-order chi connectivity index (χ1) is 10.0. The Hall–Kier alpha value is -2.40. The maximum absolute atomic E-state index is 12.1. The topological polar surface area (TPSA) is 63.6 Å². The van der Waals surface area contributed by atoms with E-state index in [4.69, 9.17) is 11.6 Å². The molecule has 0 spiro atoms. The van der Waals surface area contributed by atoms with Crippen LogP contribution in [-0.2, 0) is 7.05 Å². The molecule has 0 unspecified atom stereocenters. The number of nitrogens with zero attached hydrogens (tertiary/aromatic N) is 3. The zero-order valence-electron chi connectivity index (χ0n) is 11.6. The first kappa shape index (κ1) is 13.6. The number of fused-ring (bicyclic) bond motifs is 1. The quantitative estimate of drug-likeness (QED) is 0.791. The van der Waals surface area contributed by atoms with Crippen LogP contribution in [0.2, 0.25) is 0 Å². The number of benzene rings is 1. The van der Waals surface area contributed by atoms with Crippen LogP contribution in [0.25, 0.3) is 22.0 Å². The molecule has 0 aliphatic heterocycles. The third kappa shape index (κ3) is 2.60. The Morgan fingerprint density at radius 2 is 2.24 bits per heavy atom. The Labute approximate surface area is 125 Å². The van der Waals surface area contributed by atoms with Crippen LogP contribution in [0.15, 0.2) is 35.4 Å². The lowest BCUT2D eigenvalue weighted by atomic mass is 10.1. The van der Waals surface area contributed by atoms with Gasteiger partial charge >= 0.3 is 0 Å². The molecule has 2 aromatic heterocycles. The minimum Gasteiger partial charge on any atom is -0.305 e. The summed E-state index contributed by atoms with van der Waals surface area (Å²) in [5.41, 5.74) is 2.24. The summed E-state index contributed by atoms with van der Waals surface area (Å²) in [6.45, 7) is 1.91. The van der Waals surface area contributed by atoms with Crippen molar-refractivity contribution >= 4 is 33.6 Å². The molecule has 0 aliphatic rings. The normalized spacial score (nSPS) is 12.0. The molecule has 0 saturated carbocycles. The van der Waals surface area contributed by atoms with Gasteiger partial charge in [0, 0.05) is 18.8 Å². The van der Waals surface area contributed by atoms with E-state index in [-0.39, 0.29) is 5.56 Å². The monoisotopic (exact) mass is 300 g/mol. The molecule has 0 amide bonds. The van der Waals surface area contributed by atoms with Gasteiger partial charge < -0.3 is 4.98 Å². The molecular weight excluding hydrogens is 288 g/mol. The molecule has 1 N–H and O–H groups in total. The second-order valence-corrected chi connectivity index (χ2v) is 5.23. The van der Waals surface area contributed by atoms with Crippen molar-refractivity contribution in [3.05, 3.63) is 57.9 Å². The van der Waals surface area contributed by atoms with Gasteiger partial charge in [0.1, 0.15) is 0 Å². The van der Waals surface area contributed by atoms with Crippen molar-refractivity contribution in [3.63, 3.8) is 0 Å². The molecule has 21 heavy (non-hydrogen) atoms. The number of hydrogen-bond donors (Lipinski definition) is 1. The van der Waals surface area contributed by atoms with Gasteiger partial charge in [-0.3, -0.25) is 9.48 Å². The molecule has 3 rings (SSSR count). The third-order valence-corrected chi connectivity index (χ3v) is 3.47. The molecule has 1 aromatic carbocycles. The number of nitrogens with one attached hydrogen (secondary N) is 1. The zero-order chi connectivity index (χ0) is 15.0. The number of H-pyrrole nitrogens is 1. The molecule has 0 aliphatic carbocycles. The fraction of sp³-hybridized carbons (Fsp3) is 0.133. The number of aromatic nitrogens is 4. The highest BCUT2D eigenvalue weighted by molar-refractivity contribution is 6.50. The molecule has 0 saturated heterocycles. The Bertz CT molecular complexity index is 907. The summed E-state index contributed by atoms with van der Waals surface area (Å²) in [6, 6.07) is 5.50. The van der Waals surface area contributed by atoms with Crippen LogP contribution < -0.4 is 5.56 Å². The van der Waals surface area contributed by atoms with Crippen LogP contribution in [0.4, 0.5) is 0 Å². The van der Waals surface area contributed by atoms with E-state index < -0.39 is 0 Å². The summed E-state index contributed by atoms with van der Waals surface area (Å²) in [4.78, 5) is 19.3. The van der Waals surface area contributed by atoms with Crippen LogP contribution >= 0.6 is 11.6 Å². The Morgan fingerprint density at radius 3 is 2.95 bits per heavy atom. The number of hydrogen-bond acceptors (Lipinski definition) is 3. The Kier molecular flexibility index (Phi) is 3.35. The van der Waals surface area contributed by atoms with E-state index in [1.165, 1.54) is 0 Å². The highest BCUT2D eigenvalue weighted by atomic mass is 35.5. The number of para-hydroxylation sites is 1. The van der Waals surface area contributed by atoms with Gasteiger partial charge in [-0.25, -0.2) is 4.98 Å². The minimum absolute atomic E-state index is 0.198. The molecule has 6 heteroatoms. The SMILES string of the molecule is Cc1cccc2c(=O)[nH]c(/C(Cl)=C\c3cnn(C)c3)nc12. The van der Waals surface area contributed by atoms with Crippen LogP contribution in [0.3, 0.4) is 0 Å². The van der Waals surface area contributed by atoms with E-state index in [9.17, 15) is 4.79 Å². The van der Waals surface area contributed by atoms with Crippen molar-refractivity contribution in [1.29, 1.82) is 0 Å². The van der Waals surface area contributed by atoms with E-state index in [1.54, 1.807) is 23.0 Å². The average molecular weight is 301 g/mol. The smallest absolute Gasteiger partial charge is 0.259 e. The number of rotatable bonds is 2. The fourth-order valence-electron chi connectivity index (χ4n) is 2.15. The molecule has 0 atom stereocenters. The molecule has 106 valence electrons. The van der Waals surface area contributed by atoms with Gasteiger partial charge in [-0.15, -0.1) is 0 Å². The molecule has 2 heterocycles. The number of aryl methyl sites for hydroxylation is 2. The summed E-state index contributed by atoms with van der Waals surface area (Å²) in [6.07, 6.45) is 5.23. The van der Waals surface area contributed by atoms with E-state index in [0.29, 0.717) is 21.8 Å². The largest absolute Gasteiger partial charge is 0.305 e. The van der Waals surface area contributed by atoms with Crippen LogP contribution in [0, 0.1) is 6.92 Å². The summed E-state index contributed by atoms with van der Waals surface area (Å²) < 4.78 is 1.68. The van der Waals surface area contributed by atoms with Gasteiger partial charge in [-0.2, -0.15) is 5.10 Å². The predicted molar refractivity (Wildman–Crippen MR) is 84.0 cm³/mol. The summed E-state index contributed by atoms with van der Waals surface area (Å²) >= 11 is 6.27. The van der Waals surface area contributed by atoms with Crippen LogP contribution in [0.1, 0.15) is 17.0 Å². The lowest BCUT2D eigenvalue weighted by Crippen LogP contribution is -2.11. The van der Waals surface area contributed by atoms with Crippen LogP contribution in [-0.4, -0.2) is 19.7 Å². The lowest BCUT2D eigenvalue weighted by Gasteiger charge is -2.04. The van der Waals surface area contributed by atoms with E-state index in [0.717, 1.165) is 11.1 Å². The molecule has 0 bridgehead atoms. The van der Waals surface area contributed by atoms with Crippen LogP contribution in [0.5, 0.6) is 0 Å². The molecule has 3 aromatic rings. The van der Waals surface area contributed by atoms with E-state index in [1.807, 2.05) is 32.3 Å². The number of aromatic amines is 1. The highest BCUT2D eigenvalue weighted by Gasteiger charge is 2.08. The Morgan fingerprint density at radius 1 is 1.43 bits per heavy atom. The first-order valence-electron chi connectivity index (χ1n) is 6.40. The maximum Gasteiger partial charge on any atom is 0.259 e. The predicted octanol–water partition coefficient (Wildman–Crippen LogP) is 2.70. The fourth-order valence-corrected chi connectivity index (χ4v) is 2.36. The van der Waals surface area contributed by atoms with Crippen molar-refractivity contribution in [2.75, 3.05) is 0 Å². The first-order valence-corrected chi connectivity index (χ1v) is 6.78. The second kappa shape index (κ2) is 5.18. The summed E-state index contributed by atoms with van der Waals surface area (Å²) in [5.74, 6) is 0.354. The van der Waals surface area contributed by atoms with Crippen molar-refractivity contribution in [1.82, 2.24) is 19.7 Å². The van der Waals surface area contributed by atoms with Gasteiger partial charge in [-0.05, 0) is 24.6 Å². The number of halogens is 1. The second-order valence-electron chi connectivity index (χ2n) is 4.83. The van der Waals surface area contributed by atoms with Gasteiger partial charge in [0.2, 0.25) is 0 Å². The van der Waals surface area contributed by atoms with Gasteiger partial charge in [0.25, 0.3) is 5.56 Å². The van der Waals surface area contributed by atoms with Crippen molar-refractivity contribution in [3.8, 4) is 0 Å². The highest BCUT2D eigenvalue weighted by Crippen LogP contribution is 2.20. The molecular formula is C15H13ClN4O. The zero-order valence-corrected chi connectivity index (χ0v) is 12.3. The van der Waals surface area contributed by atoms with E-state index >= 15 is 0 Å². The van der Waals surface area contributed by atoms with Crippen molar-refractivity contribution < 1.29 is 0 Å². The van der Waals surface area contributed by atoms with Gasteiger partial charge in [0.15, 0.2) is 5.82 Å². The summed E-state index contributed by atoms with van der Waals surface area (Å²) in [5, 5.41) is 4.99. The lowest BCUT2D eigenvalue weighted by molar-refractivity contribution is 0.767. The Balaban J connectivity index is 2.14. The minimum atomic E-state index is -0.198. The maximum atomic E-state index is 12.1. The average Bonchev–Trinajstić information content (AvgIpc) is 2.85. The van der Waals surface area contributed by atoms with E-state index in [2.05, 4.69) is 15.1 Å². The molecule has 0 radical (unpaired) electrons. The summed E-state index contributed by atoms with van der Waals surface area (Å²) in [7, 11) is 1.82. The third-order valence-electron chi connectivity index (χ3n) is 3.18. The van der Waals surface area contributed by atoms with Gasteiger partial charge in [0.05, 0.1) is 22.1 Å². The molecule has 0 fully saturated rings. The van der Waals surface area contributed by atoms with Gasteiger partial charge in [-0.1, -0.05) is 23.7 Å². The molecule has 5 nitrogen and oxygen atoms in total. The van der Waals surface area contributed by atoms with Crippen molar-refractivity contribution in [2.24, 2.45) is 7.05 Å². The van der Waals surface area contributed by atoms with Crippen molar-refractivity contribution in [2.45, 2.75) is 6.92 Å². The standard InChI is InChI=1S/C15H13ClN4O/c1-9-4-3-5-11-13(9)18-14(19-15(11)21)12(16)6-10-7-17-20(2)8-10/h3-8H,1-2H3,(H,18,19,21)/b12-6+.